The van der Waals surface area contributed by atoms with E-state index in [1.165, 1.54) is 33.5 Å². The molecule has 0 saturated heterocycles. The summed E-state index contributed by atoms with van der Waals surface area (Å²) in [6.45, 7) is 10.7. The minimum Gasteiger partial charge on any atom is -0.508 e. The van der Waals surface area contributed by atoms with Gasteiger partial charge in [-0.25, -0.2) is 0 Å². The van der Waals surface area contributed by atoms with Gasteiger partial charge < -0.3 is 24.4 Å². The molecule has 0 spiro atoms. The van der Waals surface area contributed by atoms with E-state index in [0.717, 1.165) is 63.4 Å². The Hall–Kier alpha value is -3.18. The molecule has 210 valence electrons. The van der Waals surface area contributed by atoms with Crippen molar-refractivity contribution in [2.45, 2.75) is 58.9 Å². The highest BCUT2D eigenvalue weighted by molar-refractivity contribution is 5.64. The van der Waals surface area contributed by atoms with Gasteiger partial charge in [-0.1, -0.05) is 44.2 Å². The molecule has 0 aliphatic heterocycles. The Kier molecular flexibility index (Phi) is 9.79. The summed E-state index contributed by atoms with van der Waals surface area (Å²) in [5, 5.41) is 9.95. The fourth-order valence-corrected chi connectivity index (χ4v) is 5.93. The molecule has 1 N–H and O–H groups in total. The van der Waals surface area contributed by atoms with E-state index in [1.54, 1.807) is 20.3 Å². The Labute approximate surface area is 235 Å². The van der Waals surface area contributed by atoms with Crippen molar-refractivity contribution in [2.24, 2.45) is 5.92 Å². The number of hydrogen-bond acceptors (Lipinski definition) is 5. The summed E-state index contributed by atoms with van der Waals surface area (Å²) in [6, 6.07) is 19.3. The number of benzene rings is 3. The van der Waals surface area contributed by atoms with Gasteiger partial charge in [0.25, 0.3) is 0 Å². The number of fused-ring (bicyclic) bond motifs is 1. The van der Waals surface area contributed by atoms with Gasteiger partial charge in [-0.3, -0.25) is 0 Å². The normalized spacial score (nSPS) is 14.9. The number of likely N-dealkylation sites (N-methyl/N-ethyl adjacent to an activating group) is 1. The third kappa shape index (κ3) is 7.27. The van der Waals surface area contributed by atoms with Crippen LogP contribution in [-0.2, 0) is 25.8 Å². The lowest BCUT2D eigenvalue weighted by molar-refractivity contribution is 0.299. The van der Waals surface area contributed by atoms with Crippen LogP contribution >= 0.6 is 0 Å². The van der Waals surface area contributed by atoms with Crippen molar-refractivity contribution in [3.05, 3.63) is 82.4 Å². The number of nitrogens with zero attached hydrogens (tertiary/aromatic N) is 2. The molecule has 1 unspecified atom stereocenters. The lowest BCUT2D eigenvalue weighted by Crippen LogP contribution is -2.26. The van der Waals surface area contributed by atoms with Crippen LogP contribution in [0.1, 0.15) is 60.9 Å². The van der Waals surface area contributed by atoms with Crippen molar-refractivity contribution in [1.82, 2.24) is 4.90 Å². The van der Waals surface area contributed by atoms with Gasteiger partial charge in [0, 0.05) is 37.9 Å². The second kappa shape index (κ2) is 13.3. The second-order valence-corrected chi connectivity index (χ2v) is 11.4. The van der Waals surface area contributed by atoms with Crippen LogP contribution in [0.5, 0.6) is 17.2 Å². The first kappa shape index (κ1) is 28.8. The highest BCUT2D eigenvalue weighted by atomic mass is 16.5. The van der Waals surface area contributed by atoms with Gasteiger partial charge in [0.05, 0.1) is 14.2 Å². The van der Waals surface area contributed by atoms with Gasteiger partial charge in [-0.2, -0.15) is 0 Å². The molecule has 0 saturated carbocycles. The molecular weight excluding hydrogens is 484 g/mol. The van der Waals surface area contributed by atoms with Crippen LogP contribution in [0.2, 0.25) is 0 Å². The number of aryl methyl sites for hydroxylation is 1. The molecule has 39 heavy (non-hydrogen) atoms. The van der Waals surface area contributed by atoms with E-state index in [0.29, 0.717) is 17.6 Å². The molecule has 5 nitrogen and oxygen atoms in total. The number of hydrogen-bond donors (Lipinski definition) is 1. The van der Waals surface area contributed by atoms with Gasteiger partial charge in [0.15, 0.2) is 11.5 Å². The van der Waals surface area contributed by atoms with Crippen LogP contribution in [0.3, 0.4) is 0 Å². The third-order valence-corrected chi connectivity index (χ3v) is 7.97. The lowest BCUT2D eigenvalue weighted by atomic mass is 9.79. The number of anilines is 1. The van der Waals surface area contributed by atoms with Gasteiger partial charge in [0.1, 0.15) is 5.75 Å². The average molecular weight is 531 g/mol. The maximum Gasteiger partial charge on any atom is 0.162 e. The number of methoxy groups -OCH3 is 2. The van der Waals surface area contributed by atoms with E-state index in [4.69, 9.17) is 9.47 Å². The standard InChI is InChI=1S/C34H46N2O3/c1-7-36(23-26-10-8-25(9-11-26)16-17-35(4)22-24(2)3)32-21-34(39-6)33(38-5)20-31(32)29-13-12-28-19-30(37)15-14-27(28)18-29/h8-11,14-15,19-21,24,29,37H,7,12-13,16-18,22-23H2,1-6H3. The zero-order valence-electron chi connectivity index (χ0n) is 24.7. The number of phenolic OH excluding ortho intramolecular Hbond substituents is 1. The predicted molar refractivity (Wildman–Crippen MR) is 162 cm³/mol. The molecule has 0 heterocycles. The zero-order valence-corrected chi connectivity index (χ0v) is 24.7. The molecule has 4 rings (SSSR count). The van der Waals surface area contributed by atoms with Gasteiger partial charge >= 0.3 is 0 Å². The molecule has 1 aliphatic rings. The summed E-state index contributed by atoms with van der Waals surface area (Å²) >= 11 is 0. The SMILES string of the molecule is CCN(Cc1ccc(CCN(C)CC(C)C)cc1)c1cc(OC)c(OC)cc1C1CCc2cc(O)ccc2C1. The van der Waals surface area contributed by atoms with Crippen molar-refractivity contribution in [3.63, 3.8) is 0 Å². The van der Waals surface area contributed by atoms with Crippen molar-refractivity contribution in [3.8, 4) is 17.2 Å². The van der Waals surface area contributed by atoms with E-state index in [2.05, 4.69) is 80.1 Å². The third-order valence-electron chi connectivity index (χ3n) is 7.97. The van der Waals surface area contributed by atoms with E-state index >= 15 is 0 Å². The van der Waals surface area contributed by atoms with Crippen LogP contribution in [-0.4, -0.2) is 50.9 Å². The molecular formula is C34H46N2O3. The Balaban J connectivity index is 1.56. The molecule has 5 heteroatoms. The van der Waals surface area contributed by atoms with E-state index in [-0.39, 0.29) is 0 Å². The maximum atomic E-state index is 9.95. The number of rotatable bonds is 12. The molecule has 1 aliphatic carbocycles. The summed E-state index contributed by atoms with van der Waals surface area (Å²) < 4.78 is 11.5. The Morgan fingerprint density at radius 1 is 0.923 bits per heavy atom. The molecule has 0 aromatic heterocycles. The predicted octanol–water partition coefficient (Wildman–Crippen LogP) is 6.84. The van der Waals surface area contributed by atoms with Crippen molar-refractivity contribution in [2.75, 3.05) is 45.8 Å². The van der Waals surface area contributed by atoms with Gasteiger partial charge in [0.2, 0.25) is 0 Å². The monoisotopic (exact) mass is 530 g/mol. The van der Waals surface area contributed by atoms with Crippen LogP contribution in [0, 0.1) is 5.92 Å². The second-order valence-electron chi connectivity index (χ2n) is 11.4. The molecule has 0 amide bonds. The minimum atomic E-state index is 0.352. The molecule has 0 fully saturated rings. The fourth-order valence-electron chi connectivity index (χ4n) is 5.93. The highest BCUT2D eigenvalue weighted by Crippen LogP contribution is 2.43. The van der Waals surface area contributed by atoms with E-state index in [9.17, 15) is 5.11 Å². The first-order valence-corrected chi connectivity index (χ1v) is 14.4. The summed E-state index contributed by atoms with van der Waals surface area (Å²) in [7, 11) is 5.63. The maximum absolute atomic E-state index is 9.95. The van der Waals surface area contributed by atoms with Crippen molar-refractivity contribution < 1.29 is 14.6 Å². The molecule has 3 aromatic carbocycles. The van der Waals surface area contributed by atoms with Crippen molar-refractivity contribution in [1.29, 1.82) is 0 Å². The summed E-state index contributed by atoms with van der Waals surface area (Å²) in [5.41, 5.74) is 7.79. The summed E-state index contributed by atoms with van der Waals surface area (Å²) in [4.78, 5) is 4.87. The van der Waals surface area contributed by atoms with Gasteiger partial charge in [-0.05, 0) is 97.5 Å². The first-order valence-electron chi connectivity index (χ1n) is 14.4. The largest absolute Gasteiger partial charge is 0.508 e. The Morgan fingerprint density at radius 2 is 1.62 bits per heavy atom. The average Bonchev–Trinajstić information content (AvgIpc) is 2.94. The molecule has 1 atom stereocenters. The first-order chi connectivity index (χ1) is 18.8. The highest BCUT2D eigenvalue weighted by Gasteiger charge is 2.26. The van der Waals surface area contributed by atoms with E-state index < -0.39 is 0 Å². The topological polar surface area (TPSA) is 45.2 Å². The quantitative estimate of drug-likeness (QED) is 0.278. The number of aromatic hydroxyl groups is 1. The Bertz CT molecular complexity index is 1220. The zero-order chi connectivity index (χ0) is 27.9. The fraction of sp³-hybridized carbons (Fsp3) is 0.471. The summed E-state index contributed by atoms with van der Waals surface area (Å²) in [5.74, 6) is 2.95. The molecule has 0 bridgehead atoms. The molecule has 0 radical (unpaired) electrons. The Morgan fingerprint density at radius 3 is 2.28 bits per heavy atom. The minimum absolute atomic E-state index is 0.352. The van der Waals surface area contributed by atoms with Gasteiger partial charge in [-0.15, -0.1) is 0 Å². The summed E-state index contributed by atoms with van der Waals surface area (Å²) in [6.07, 6.45) is 4.02. The lowest BCUT2D eigenvalue weighted by Gasteiger charge is -2.32. The van der Waals surface area contributed by atoms with Crippen LogP contribution < -0.4 is 14.4 Å². The van der Waals surface area contributed by atoms with Crippen LogP contribution in [0.15, 0.2) is 54.6 Å². The number of phenols is 1. The van der Waals surface area contributed by atoms with E-state index in [1.807, 2.05) is 6.07 Å². The number of ether oxygens (including phenoxy) is 2. The van der Waals surface area contributed by atoms with Crippen molar-refractivity contribution >= 4 is 5.69 Å². The van der Waals surface area contributed by atoms with Crippen LogP contribution in [0.4, 0.5) is 5.69 Å². The van der Waals surface area contributed by atoms with Crippen LogP contribution in [0.25, 0.3) is 0 Å². The smallest absolute Gasteiger partial charge is 0.162 e. The molecule has 3 aromatic rings.